The molecule has 1 heterocycles. The summed E-state index contributed by atoms with van der Waals surface area (Å²) in [5.41, 5.74) is 7.47. The Morgan fingerprint density at radius 2 is 2.20 bits per heavy atom. The molecule has 0 aliphatic carbocycles. The maximum atomic E-state index is 11.0. The molecular weight excluding hydrogens is 274 g/mol. The molecule has 0 bridgehead atoms. The van der Waals surface area contributed by atoms with Crippen molar-refractivity contribution < 1.29 is 4.79 Å². The Morgan fingerprint density at radius 3 is 2.85 bits per heavy atom. The lowest BCUT2D eigenvalue weighted by Crippen LogP contribution is -2.21. The van der Waals surface area contributed by atoms with Gasteiger partial charge in [-0.15, -0.1) is 0 Å². The van der Waals surface area contributed by atoms with E-state index in [2.05, 4.69) is 25.4 Å². The smallest absolute Gasteiger partial charge is 0.219 e. The Bertz CT molecular complexity index is 619. The third-order valence-electron chi connectivity index (χ3n) is 3.23. The van der Waals surface area contributed by atoms with E-state index in [1.54, 1.807) is 0 Å². The normalized spacial score (nSPS) is 11.4. The van der Waals surface area contributed by atoms with Crippen LogP contribution in [0.25, 0.3) is 10.9 Å². The second-order valence-electron chi connectivity index (χ2n) is 5.26. The number of carbonyl (C=O) groups is 1. The largest absolute Gasteiger partial charge is 0.370 e. The third-order valence-corrected chi connectivity index (χ3v) is 3.46. The summed E-state index contributed by atoms with van der Waals surface area (Å²) in [5.74, 6) is -0.296. The molecule has 2 rings (SSSR count). The summed E-state index contributed by atoms with van der Waals surface area (Å²) in [7, 11) is 0. The number of nitrogens with two attached hydrogens (primary N) is 1. The number of nitrogens with zero attached hydrogens (tertiary/aromatic N) is 1. The molecule has 1 aromatic carbocycles. The molecule has 2 aromatic rings. The lowest BCUT2D eigenvalue weighted by molar-refractivity contribution is -0.118. The summed E-state index contributed by atoms with van der Waals surface area (Å²) in [6.45, 7) is 5.60. The number of carbonyl (C=O) groups excluding carboxylic acids is 1. The number of benzene rings is 1. The lowest BCUT2D eigenvalue weighted by Gasteiger charge is -2.06. The highest BCUT2D eigenvalue weighted by atomic mass is 35.5. The quantitative estimate of drug-likeness (QED) is 0.860. The van der Waals surface area contributed by atoms with E-state index in [0.717, 1.165) is 17.4 Å². The van der Waals surface area contributed by atoms with Crippen LogP contribution in [-0.4, -0.2) is 16.5 Å². The number of nitrogens with one attached hydrogen (secondary N) is 1. The summed E-state index contributed by atoms with van der Waals surface area (Å²) >= 11 is 6.07. The number of aryl methyl sites for hydroxylation is 1. The first-order valence-corrected chi connectivity index (χ1v) is 7.14. The number of amides is 1. The molecule has 0 unspecified atom stereocenters. The zero-order valence-corrected chi connectivity index (χ0v) is 12.6. The average molecular weight is 294 g/mol. The molecule has 1 amide bonds. The van der Waals surface area contributed by atoms with E-state index < -0.39 is 0 Å². The van der Waals surface area contributed by atoms with Crippen molar-refractivity contribution in [3.63, 3.8) is 0 Å². The second kappa shape index (κ2) is 6.29. The molecule has 20 heavy (non-hydrogen) atoms. The fourth-order valence-electron chi connectivity index (χ4n) is 2.21. The summed E-state index contributed by atoms with van der Waals surface area (Å²) in [6.07, 6.45) is 2.40. The van der Waals surface area contributed by atoms with Crippen molar-refractivity contribution in [1.82, 2.24) is 9.88 Å². The van der Waals surface area contributed by atoms with Gasteiger partial charge in [0, 0.05) is 47.7 Å². The number of halogens is 1. The molecular formula is C15H20ClN3O. The van der Waals surface area contributed by atoms with Crippen LogP contribution in [0.4, 0.5) is 0 Å². The van der Waals surface area contributed by atoms with Gasteiger partial charge >= 0.3 is 0 Å². The maximum absolute atomic E-state index is 11.0. The zero-order valence-electron chi connectivity index (χ0n) is 11.8. The molecule has 0 aliphatic heterocycles. The summed E-state index contributed by atoms with van der Waals surface area (Å²) in [6, 6.07) is 6.26. The van der Waals surface area contributed by atoms with Gasteiger partial charge in [-0.25, -0.2) is 0 Å². The van der Waals surface area contributed by atoms with E-state index in [4.69, 9.17) is 17.3 Å². The van der Waals surface area contributed by atoms with Crippen molar-refractivity contribution in [2.45, 2.75) is 39.4 Å². The first-order chi connectivity index (χ1) is 9.47. The van der Waals surface area contributed by atoms with Crippen LogP contribution in [-0.2, 0) is 17.9 Å². The first-order valence-electron chi connectivity index (χ1n) is 6.76. The average Bonchev–Trinajstić information content (AvgIpc) is 2.71. The maximum Gasteiger partial charge on any atom is 0.219 e. The molecule has 0 fully saturated rings. The van der Waals surface area contributed by atoms with E-state index in [9.17, 15) is 4.79 Å². The molecule has 0 atom stereocenters. The molecule has 0 aliphatic rings. The Morgan fingerprint density at radius 1 is 1.45 bits per heavy atom. The number of fused-ring (bicyclic) bond motifs is 1. The molecule has 3 N–H and O–H groups in total. The van der Waals surface area contributed by atoms with Crippen molar-refractivity contribution in [3.05, 3.63) is 35.0 Å². The van der Waals surface area contributed by atoms with Gasteiger partial charge in [0.1, 0.15) is 0 Å². The highest BCUT2D eigenvalue weighted by Crippen LogP contribution is 2.25. The Hall–Kier alpha value is -1.52. The van der Waals surface area contributed by atoms with Crippen LogP contribution in [0.15, 0.2) is 24.4 Å². The first kappa shape index (κ1) is 14.9. The minimum absolute atomic E-state index is 0.296. The highest BCUT2D eigenvalue weighted by Gasteiger charge is 2.10. The van der Waals surface area contributed by atoms with Gasteiger partial charge in [0.15, 0.2) is 0 Å². The predicted molar refractivity (Wildman–Crippen MR) is 82.7 cm³/mol. The van der Waals surface area contributed by atoms with Crippen molar-refractivity contribution in [2.75, 3.05) is 0 Å². The fourth-order valence-corrected chi connectivity index (χ4v) is 2.38. The fraction of sp³-hybridized carbons (Fsp3) is 0.400. The number of aromatic nitrogens is 1. The van der Waals surface area contributed by atoms with Crippen molar-refractivity contribution in [3.8, 4) is 0 Å². The zero-order chi connectivity index (χ0) is 14.7. The van der Waals surface area contributed by atoms with E-state index in [1.165, 1.54) is 5.56 Å². The molecule has 0 saturated carbocycles. The minimum Gasteiger partial charge on any atom is -0.370 e. The van der Waals surface area contributed by atoms with Crippen LogP contribution in [0.2, 0.25) is 5.02 Å². The van der Waals surface area contributed by atoms with Gasteiger partial charge in [-0.05, 0) is 17.7 Å². The van der Waals surface area contributed by atoms with Gasteiger partial charge in [0.2, 0.25) is 5.91 Å². The number of rotatable bonds is 6. The van der Waals surface area contributed by atoms with Gasteiger partial charge in [-0.3, -0.25) is 4.79 Å². The molecule has 0 spiro atoms. The van der Waals surface area contributed by atoms with Crippen LogP contribution in [0, 0.1) is 0 Å². The van der Waals surface area contributed by atoms with Gasteiger partial charge in [0.05, 0.1) is 0 Å². The Balaban J connectivity index is 2.35. The minimum atomic E-state index is -0.296. The lowest BCUT2D eigenvalue weighted by atomic mass is 10.1. The molecule has 0 saturated heterocycles. The van der Waals surface area contributed by atoms with Crippen LogP contribution >= 0.6 is 11.6 Å². The molecule has 108 valence electrons. The molecule has 1 aromatic heterocycles. The SMILES string of the molecule is CC(C)NCc1cn(CCC(N)=O)c2cc(Cl)ccc12. The van der Waals surface area contributed by atoms with E-state index in [0.29, 0.717) is 24.0 Å². The Kier molecular flexibility index (Phi) is 4.68. The third kappa shape index (κ3) is 3.52. The van der Waals surface area contributed by atoms with Crippen LogP contribution in [0.1, 0.15) is 25.8 Å². The number of hydrogen-bond donors (Lipinski definition) is 2. The van der Waals surface area contributed by atoms with Crippen LogP contribution in [0.3, 0.4) is 0 Å². The van der Waals surface area contributed by atoms with E-state index >= 15 is 0 Å². The van der Waals surface area contributed by atoms with Gasteiger partial charge < -0.3 is 15.6 Å². The second-order valence-corrected chi connectivity index (χ2v) is 5.70. The molecule has 4 nitrogen and oxygen atoms in total. The summed E-state index contributed by atoms with van der Waals surface area (Å²) < 4.78 is 2.04. The Labute approximate surface area is 123 Å². The number of hydrogen-bond acceptors (Lipinski definition) is 2. The monoisotopic (exact) mass is 293 g/mol. The van der Waals surface area contributed by atoms with E-state index in [-0.39, 0.29) is 5.91 Å². The standard InChI is InChI=1S/C15H20ClN3O/c1-10(2)18-8-11-9-19(6-5-15(17)20)14-7-12(16)3-4-13(11)14/h3-4,7,9-10,18H,5-6,8H2,1-2H3,(H2,17,20). The van der Waals surface area contributed by atoms with Crippen molar-refractivity contribution in [1.29, 1.82) is 0 Å². The van der Waals surface area contributed by atoms with Gasteiger partial charge in [-0.2, -0.15) is 0 Å². The van der Waals surface area contributed by atoms with E-state index in [1.807, 2.05) is 22.8 Å². The predicted octanol–water partition coefficient (Wildman–Crippen LogP) is 2.67. The van der Waals surface area contributed by atoms with Crippen molar-refractivity contribution >= 4 is 28.4 Å². The van der Waals surface area contributed by atoms with Gasteiger partial charge in [0.25, 0.3) is 0 Å². The summed E-state index contributed by atoms with van der Waals surface area (Å²) in [4.78, 5) is 11.0. The molecule has 0 radical (unpaired) electrons. The van der Waals surface area contributed by atoms with Crippen LogP contribution in [0.5, 0.6) is 0 Å². The van der Waals surface area contributed by atoms with Crippen LogP contribution < -0.4 is 11.1 Å². The highest BCUT2D eigenvalue weighted by molar-refractivity contribution is 6.31. The summed E-state index contributed by atoms with van der Waals surface area (Å²) in [5, 5.41) is 5.26. The number of primary amides is 1. The van der Waals surface area contributed by atoms with Gasteiger partial charge in [-0.1, -0.05) is 31.5 Å². The topological polar surface area (TPSA) is 60.1 Å². The molecule has 5 heteroatoms. The van der Waals surface area contributed by atoms with Crippen molar-refractivity contribution in [2.24, 2.45) is 5.73 Å².